The zero-order valence-corrected chi connectivity index (χ0v) is 12.3. The number of halogens is 1. The van der Waals surface area contributed by atoms with Crippen molar-refractivity contribution in [3.63, 3.8) is 0 Å². The molecule has 2 heterocycles. The van der Waals surface area contributed by atoms with Crippen LogP contribution in [0.2, 0.25) is 0 Å². The van der Waals surface area contributed by atoms with Crippen LogP contribution in [0.5, 0.6) is 0 Å². The van der Waals surface area contributed by atoms with E-state index in [9.17, 15) is 12.8 Å². The average molecular weight is 321 g/mol. The van der Waals surface area contributed by atoms with Crippen molar-refractivity contribution < 1.29 is 17.6 Å². The van der Waals surface area contributed by atoms with Crippen molar-refractivity contribution in [2.45, 2.75) is 11.2 Å². The number of aromatic nitrogens is 2. The smallest absolute Gasteiger partial charge is 0.247 e. The van der Waals surface area contributed by atoms with Gasteiger partial charge in [0.2, 0.25) is 15.0 Å². The van der Waals surface area contributed by atoms with Gasteiger partial charge in [0.1, 0.15) is 12.1 Å². The molecule has 0 radical (unpaired) electrons. The maximum atomic E-state index is 13.0. The van der Waals surface area contributed by atoms with Gasteiger partial charge in [0.05, 0.1) is 11.7 Å². The van der Waals surface area contributed by atoms with Gasteiger partial charge in [-0.1, -0.05) is 12.1 Å². The van der Waals surface area contributed by atoms with Crippen LogP contribution in [0.15, 0.2) is 47.9 Å². The summed E-state index contributed by atoms with van der Waals surface area (Å²) in [7, 11) is -3.50. The van der Waals surface area contributed by atoms with Crippen molar-refractivity contribution in [1.82, 2.24) is 15.4 Å². The highest BCUT2D eigenvalue weighted by Crippen LogP contribution is 2.32. The Morgan fingerprint density at radius 1 is 1.23 bits per heavy atom. The van der Waals surface area contributed by atoms with Crippen molar-refractivity contribution >= 4 is 15.4 Å². The second-order valence-electron chi connectivity index (χ2n) is 4.79. The van der Waals surface area contributed by atoms with E-state index in [-0.39, 0.29) is 17.0 Å². The second kappa shape index (κ2) is 5.47. The van der Waals surface area contributed by atoms with E-state index in [2.05, 4.69) is 15.4 Å². The molecule has 22 heavy (non-hydrogen) atoms. The Morgan fingerprint density at radius 2 is 1.95 bits per heavy atom. The Labute approximate surface area is 126 Å². The Balaban J connectivity index is 1.99. The van der Waals surface area contributed by atoms with Gasteiger partial charge in [-0.3, -0.25) is 0 Å². The molecule has 1 aromatic heterocycles. The molecule has 0 aliphatic carbocycles. The van der Waals surface area contributed by atoms with Crippen LogP contribution in [0.25, 0.3) is 5.57 Å². The molecule has 1 aromatic carbocycles. The molecule has 6 nitrogen and oxygen atoms in total. The molecular formula is C14H12FN3O3S. The number of hydroxylamine groups is 1. The first-order valence-electron chi connectivity index (χ1n) is 6.35. The summed E-state index contributed by atoms with van der Waals surface area (Å²) in [6.45, 7) is 0. The summed E-state index contributed by atoms with van der Waals surface area (Å²) < 4.78 is 36.1. The predicted octanol–water partition coefficient (Wildman–Crippen LogP) is 1.64. The summed E-state index contributed by atoms with van der Waals surface area (Å²) in [5, 5.41) is -0.254. The topological polar surface area (TPSA) is 81.2 Å². The van der Waals surface area contributed by atoms with Crippen molar-refractivity contribution in [3.8, 4) is 0 Å². The summed E-state index contributed by atoms with van der Waals surface area (Å²) in [5.74, 6) is -0.338. The van der Waals surface area contributed by atoms with E-state index in [0.29, 0.717) is 11.3 Å². The third kappa shape index (κ3) is 2.83. The molecule has 0 fully saturated rings. The zero-order chi connectivity index (χ0) is 15.7. The Kier molecular flexibility index (Phi) is 3.63. The third-order valence-electron chi connectivity index (χ3n) is 3.15. The average Bonchev–Trinajstić information content (AvgIpc) is 2.97. The van der Waals surface area contributed by atoms with Crippen LogP contribution in [0.1, 0.15) is 17.3 Å². The Bertz CT molecular complexity index is 835. The van der Waals surface area contributed by atoms with E-state index in [0.717, 1.165) is 11.8 Å². The molecule has 1 aliphatic rings. The number of nitrogens with zero attached hydrogens (tertiary/aromatic N) is 2. The first-order chi connectivity index (χ1) is 10.4. The summed E-state index contributed by atoms with van der Waals surface area (Å²) >= 11 is 0. The van der Waals surface area contributed by atoms with Gasteiger partial charge in [0.15, 0.2) is 0 Å². The van der Waals surface area contributed by atoms with Gasteiger partial charge >= 0.3 is 0 Å². The largest absolute Gasteiger partial charge is 0.415 e. The molecule has 3 rings (SSSR count). The zero-order valence-electron chi connectivity index (χ0n) is 11.5. The van der Waals surface area contributed by atoms with Crippen LogP contribution in [-0.2, 0) is 14.7 Å². The molecule has 1 atom stereocenters. The van der Waals surface area contributed by atoms with E-state index in [1.165, 1.54) is 24.6 Å². The quantitative estimate of drug-likeness (QED) is 0.866. The molecule has 1 unspecified atom stereocenters. The lowest BCUT2D eigenvalue weighted by Crippen LogP contribution is -2.15. The minimum atomic E-state index is -3.50. The number of nitrogens with one attached hydrogen (secondary N) is 1. The van der Waals surface area contributed by atoms with Gasteiger partial charge in [0, 0.05) is 18.0 Å². The van der Waals surface area contributed by atoms with Crippen molar-refractivity contribution in [1.29, 1.82) is 0 Å². The fraction of sp³-hybridized carbons (Fsp3) is 0.143. The summed E-state index contributed by atoms with van der Waals surface area (Å²) in [6.07, 6.45) is 3.86. The molecule has 0 saturated heterocycles. The summed E-state index contributed by atoms with van der Waals surface area (Å²) in [6, 6.07) is 7.14. The van der Waals surface area contributed by atoms with E-state index in [1.54, 1.807) is 18.2 Å². The highest BCUT2D eigenvalue weighted by Gasteiger charge is 2.26. The lowest BCUT2D eigenvalue weighted by molar-refractivity contribution is 0.142. The molecule has 0 spiro atoms. The van der Waals surface area contributed by atoms with Crippen molar-refractivity contribution in [3.05, 3.63) is 59.9 Å². The summed E-state index contributed by atoms with van der Waals surface area (Å²) in [4.78, 5) is 12.9. The van der Waals surface area contributed by atoms with Crippen LogP contribution in [0.3, 0.4) is 0 Å². The van der Waals surface area contributed by atoms with Gasteiger partial charge in [-0.05, 0) is 23.8 Å². The highest BCUT2D eigenvalue weighted by molar-refractivity contribution is 7.90. The first kappa shape index (κ1) is 14.6. The van der Waals surface area contributed by atoms with E-state index >= 15 is 0 Å². The molecule has 1 aliphatic heterocycles. The molecule has 0 amide bonds. The fourth-order valence-electron chi connectivity index (χ4n) is 2.09. The highest BCUT2D eigenvalue weighted by atomic mass is 32.2. The first-order valence-corrected chi connectivity index (χ1v) is 8.24. The molecule has 1 N–H and O–H groups in total. The van der Waals surface area contributed by atoms with Crippen LogP contribution in [-0.4, -0.2) is 24.6 Å². The normalized spacial score (nSPS) is 17.9. The second-order valence-corrected chi connectivity index (χ2v) is 6.70. The molecule has 0 bridgehead atoms. The van der Waals surface area contributed by atoms with E-state index < -0.39 is 9.84 Å². The lowest BCUT2D eigenvalue weighted by atomic mass is 9.98. The Hall–Kier alpha value is -2.32. The van der Waals surface area contributed by atoms with Crippen molar-refractivity contribution in [2.75, 3.05) is 6.26 Å². The number of rotatable bonds is 3. The van der Waals surface area contributed by atoms with E-state index in [4.69, 9.17) is 4.84 Å². The van der Waals surface area contributed by atoms with Gasteiger partial charge in [-0.15, -0.1) is 5.48 Å². The fourth-order valence-corrected chi connectivity index (χ4v) is 2.60. The number of sulfone groups is 1. The molecule has 8 heteroatoms. The monoisotopic (exact) mass is 321 g/mol. The van der Waals surface area contributed by atoms with Gasteiger partial charge in [-0.2, -0.15) is 0 Å². The molecule has 0 saturated carbocycles. The van der Waals surface area contributed by atoms with Crippen LogP contribution < -0.4 is 5.48 Å². The van der Waals surface area contributed by atoms with Gasteiger partial charge in [-0.25, -0.2) is 22.8 Å². The predicted molar refractivity (Wildman–Crippen MR) is 76.5 cm³/mol. The van der Waals surface area contributed by atoms with Crippen molar-refractivity contribution in [2.24, 2.45) is 0 Å². The standard InChI is InChI=1S/C14H12FN3O3S/c1-22(19,20)14-16-7-6-12(17-14)11-8-21-18-13(11)9-2-4-10(15)5-3-9/h2-8,13,18H,1H3. The van der Waals surface area contributed by atoms with Crippen LogP contribution in [0.4, 0.5) is 4.39 Å². The number of hydrogen-bond donors (Lipinski definition) is 1. The van der Waals surface area contributed by atoms with Gasteiger partial charge < -0.3 is 4.84 Å². The lowest BCUT2D eigenvalue weighted by Gasteiger charge is -2.13. The van der Waals surface area contributed by atoms with Crippen LogP contribution >= 0.6 is 0 Å². The minimum absolute atomic E-state index is 0.254. The molecular weight excluding hydrogens is 309 g/mol. The number of benzene rings is 1. The van der Waals surface area contributed by atoms with E-state index in [1.807, 2.05) is 0 Å². The van der Waals surface area contributed by atoms with Crippen LogP contribution in [0, 0.1) is 5.82 Å². The summed E-state index contributed by atoms with van der Waals surface area (Å²) in [5.41, 5.74) is 4.61. The molecule has 2 aromatic rings. The minimum Gasteiger partial charge on any atom is -0.415 e. The Morgan fingerprint density at radius 3 is 2.64 bits per heavy atom. The SMILES string of the molecule is CS(=O)(=O)c1nccc(C2=CONC2c2ccc(F)cc2)n1. The maximum Gasteiger partial charge on any atom is 0.247 e. The maximum absolute atomic E-state index is 13.0. The third-order valence-corrected chi connectivity index (χ3v) is 4.01. The molecule has 114 valence electrons. The number of hydrogen-bond acceptors (Lipinski definition) is 6. The van der Waals surface area contributed by atoms with Gasteiger partial charge in [0.25, 0.3) is 0 Å².